The lowest BCUT2D eigenvalue weighted by molar-refractivity contribution is -0.136. The van der Waals surface area contributed by atoms with Gasteiger partial charge in [-0.2, -0.15) is 0 Å². The summed E-state index contributed by atoms with van der Waals surface area (Å²) in [7, 11) is 5.60. The zero-order chi connectivity index (χ0) is 21.3. The minimum atomic E-state index is -0.934. The van der Waals surface area contributed by atoms with Gasteiger partial charge in [0.25, 0.3) is 0 Å². The molecule has 0 saturated heterocycles. The van der Waals surface area contributed by atoms with Crippen molar-refractivity contribution in [2.24, 2.45) is 5.73 Å². The number of esters is 1. The maximum Gasteiger partial charge on any atom is 0.343 e. The molecule has 9 nitrogen and oxygen atoms in total. The van der Waals surface area contributed by atoms with Crippen LogP contribution < -0.4 is 30.3 Å². The Morgan fingerprint density at radius 3 is 2.17 bits per heavy atom. The molecule has 0 amide bonds. The van der Waals surface area contributed by atoms with E-state index in [9.17, 15) is 9.59 Å². The molecule has 0 aliphatic carbocycles. The summed E-state index contributed by atoms with van der Waals surface area (Å²) in [4.78, 5) is 25.2. The monoisotopic (exact) mass is 403 g/mol. The molecule has 9 heteroatoms. The number of carbonyl (C=O) groups excluding carboxylic acids is 1. The van der Waals surface area contributed by atoms with E-state index < -0.39 is 17.5 Å². The quantitative estimate of drug-likeness (QED) is 0.746. The van der Waals surface area contributed by atoms with Crippen molar-refractivity contribution in [3.05, 3.63) is 57.0 Å². The highest BCUT2D eigenvalue weighted by molar-refractivity contribution is 5.92. The Kier molecular flexibility index (Phi) is 5.40. The third-order valence-corrected chi connectivity index (χ3v) is 4.56. The highest BCUT2D eigenvalue weighted by Crippen LogP contribution is 2.46. The molecular weight excluding hydrogens is 382 g/mol. The second-order valence-electron chi connectivity index (χ2n) is 6.19. The van der Waals surface area contributed by atoms with E-state index in [0.29, 0.717) is 28.6 Å². The van der Waals surface area contributed by atoms with Gasteiger partial charge in [-0.25, -0.2) is 9.59 Å². The topological polar surface area (TPSA) is 119 Å². The van der Waals surface area contributed by atoms with Crippen LogP contribution in [0.1, 0.15) is 22.8 Å². The molecular formula is C20H21NO8. The molecule has 2 N–H and O–H groups in total. The molecule has 0 saturated carbocycles. The van der Waals surface area contributed by atoms with Crippen LogP contribution in [0.2, 0.25) is 0 Å². The molecule has 1 aromatic heterocycles. The van der Waals surface area contributed by atoms with Crippen LogP contribution in [-0.2, 0) is 9.53 Å². The fourth-order valence-electron chi connectivity index (χ4n) is 3.33. The van der Waals surface area contributed by atoms with Crippen molar-refractivity contribution in [1.29, 1.82) is 0 Å². The Morgan fingerprint density at radius 2 is 1.66 bits per heavy atom. The first-order valence-corrected chi connectivity index (χ1v) is 8.56. The lowest BCUT2D eigenvalue weighted by Gasteiger charge is -2.28. The maximum absolute atomic E-state index is 12.7. The van der Waals surface area contributed by atoms with Crippen molar-refractivity contribution in [1.82, 2.24) is 0 Å². The molecule has 0 bridgehead atoms. The number of ether oxygens (including phenoxy) is 5. The van der Waals surface area contributed by atoms with Gasteiger partial charge in [-0.15, -0.1) is 0 Å². The van der Waals surface area contributed by atoms with Gasteiger partial charge >= 0.3 is 11.6 Å². The molecule has 2 heterocycles. The number of hydrogen-bond acceptors (Lipinski definition) is 9. The van der Waals surface area contributed by atoms with Crippen LogP contribution in [0.15, 0.2) is 38.9 Å². The fraction of sp³-hybridized carbons (Fsp3) is 0.300. The van der Waals surface area contributed by atoms with Crippen LogP contribution >= 0.6 is 0 Å². The molecule has 1 atom stereocenters. The van der Waals surface area contributed by atoms with Gasteiger partial charge < -0.3 is 33.8 Å². The number of benzene rings is 1. The predicted molar refractivity (Wildman–Crippen MR) is 102 cm³/mol. The van der Waals surface area contributed by atoms with Crippen LogP contribution in [0.3, 0.4) is 0 Å². The van der Waals surface area contributed by atoms with Gasteiger partial charge in [0.15, 0.2) is 11.5 Å². The molecule has 3 rings (SSSR count). The van der Waals surface area contributed by atoms with Crippen molar-refractivity contribution in [2.75, 3.05) is 28.4 Å². The number of rotatable bonds is 5. The Balaban J connectivity index is 2.36. The molecule has 0 spiro atoms. The fourth-order valence-corrected chi connectivity index (χ4v) is 3.33. The zero-order valence-corrected chi connectivity index (χ0v) is 16.7. The maximum atomic E-state index is 12.7. The van der Waals surface area contributed by atoms with E-state index in [1.165, 1.54) is 34.5 Å². The van der Waals surface area contributed by atoms with E-state index in [1.54, 1.807) is 19.1 Å². The molecule has 1 aliphatic heterocycles. The average Bonchev–Trinajstić information content (AvgIpc) is 2.70. The number of aryl methyl sites for hydroxylation is 1. The van der Waals surface area contributed by atoms with Gasteiger partial charge in [-0.05, 0) is 24.6 Å². The Morgan fingerprint density at radius 1 is 1.03 bits per heavy atom. The van der Waals surface area contributed by atoms with E-state index in [-0.39, 0.29) is 22.8 Å². The Hall–Kier alpha value is -3.62. The van der Waals surface area contributed by atoms with Gasteiger partial charge in [0, 0.05) is 6.07 Å². The highest BCUT2D eigenvalue weighted by Gasteiger charge is 2.39. The number of carbonyl (C=O) groups is 1. The number of fused-ring (bicyclic) bond motifs is 1. The Labute approximate surface area is 166 Å². The van der Waals surface area contributed by atoms with E-state index in [2.05, 4.69) is 0 Å². The van der Waals surface area contributed by atoms with Gasteiger partial charge in [0.2, 0.25) is 11.6 Å². The zero-order valence-electron chi connectivity index (χ0n) is 16.7. The first kappa shape index (κ1) is 20.1. The van der Waals surface area contributed by atoms with Crippen molar-refractivity contribution >= 4 is 5.97 Å². The largest absolute Gasteiger partial charge is 0.493 e. The summed E-state index contributed by atoms with van der Waals surface area (Å²) in [5.41, 5.74) is 5.92. The third kappa shape index (κ3) is 3.35. The van der Waals surface area contributed by atoms with E-state index in [1.807, 2.05) is 0 Å². The van der Waals surface area contributed by atoms with Crippen LogP contribution in [0, 0.1) is 6.92 Å². The van der Waals surface area contributed by atoms with Gasteiger partial charge in [0.1, 0.15) is 17.1 Å². The van der Waals surface area contributed by atoms with Gasteiger partial charge in [0.05, 0.1) is 39.9 Å². The van der Waals surface area contributed by atoms with Crippen LogP contribution in [-0.4, -0.2) is 34.4 Å². The first-order chi connectivity index (χ1) is 13.9. The standard InChI is InChI=1S/C20H21NO8/c1-9-6-11-15(20(23)28-9)14(16(18(21)29-11)19(22)27-5)10-7-12(24-2)17(26-4)13(8-10)25-3/h6-8,14H,21H2,1-5H3/t14-/m1/s1. The summed E-state index contributed by atoms with van der Waals surface area (Å²) >= 11 is 0. The lowest BCUT2D eigenvalue weighted by Crippen LogP contribution is -2.30. The average molecular weight is 403 g/mol. The second-order valence-corrected chi connectivity index (χ2v) is 6.19. The summed E-state index contributed by atoms with van der Waals surface area (Å²) in [6.45, 7) is 1.61. The molecule has 0 fully saturated rings. The van der Waals surface area contributed by atoms with E-state index in [0.717, 1.165) is 0 Å². The first-order valence-electron chi connectivity index (χ1n) is 8.56. The van der Waals surface area contributed by atoms with Crippen molar-refractivity contribution in [2.45, 2.75) is 12.8 Å². The van der Waals surface area contributed by atoms with Crippen molar-refractivity contribution < 1.29 is 32.9 Å². The summed E-state index contributed by atoms with van der Waals surface area (Å²) in [6.07, 6.45) is 0. The smallest absolute Gasteiger partial charge is 0.343 e. The van der Waals surface area contributed by atoms with Crippen LogP contribution in [0.4, 0.5) is 0 Å². The third-order valence-electron chi connectivity index (χ3n) is 4.56. The predicted octanol–water partition coefficient (Wildman–Crippen LogP) is 1.84. The summed E-state index contributed by atoms with van der Waals surface area (Å²) in [5, 5.41) is 0. The number of methoxy groups -OCH3 is 4. The van der Waals surface area contributed by atoms with E-state index in [4.69, 9.17) is 33.8 Å². The second kappa shape index (κ2) is 7.78. The molecule has 1 aromatic carbocycles. The molecule has 0 unspecified atom stereocenters. The van der Waals surface area contributed by atoms with Crippen LogP contribution in [0.25, 0.3) is 0 Å². The van der Waals surface area contributed by atoms with Gasteiger partial charge in [-0.3, -0.25) is 0 Å². The SMILES string of the molecule is COC(=O)C1=C(N)Oc2cc(C)oc(=O)c2[C@H]1c1cc(OC)c(OC)c(OC)c1. The molecule has 0 radical (unpaired) electrons. The minimum absolute atomic E-state index is 0.0366. The molecule has 1 aliphatic rings. The normalized spacial score (nSPS) is 15.3. The molecule has 154 valence electrons. The minimum Gasteiger partial charge on any atom is -0.493 e. The Bertz CT molecular complexity index is 1030. The summed E-state index contributed by atoms with van der Waals surface area (Å²) in [5.74, 6) is -0.270. The van der Waals surface area contributed by atoms with Crippen molar-refractivity contribution in [3.63, 3.8) is 0 Å². The van der Waals surface area contributed by atoms with Gasteiger partial charge in [-0.1, -0.05) is 0 Å². The van der Waals surface area contributed by atoms with Crippen molar-refractivity contribution in [3.8, 4) is 23.0 Å². The van der Waals surface area contributed by atoms with E-state index >= 15 is 0 Å². The number of hydrogen-bond donors (Lipinski definition) is 1. The summed E-state index contributed by atoms with van der Waals surface area (Å²) in [6, 6.07) is 4.77. The van der Waals surface area contributed by atoms with Crippen LogP contribution in [0.5, 0.6) is 23.0 Å². The summed E-state index contributed by atoms with van der Waals surface area (Å²) < 4.78 is 31.8. The molecule has 29 heavy (non-hydrogen) atoms. The lowest BCUT2D eigenvalue weighted by atomic mass is 9.83. The highest BCUT2D eigenvalue weighted by atomic mass is 16.5. The number of nitrogens with two attached hydrogens (primary N) is 1. The molecule has 2 aromatic rings.